The summed E-state index contributed by atoms with van der Waals surface area (Å²) in [6.07, 6.45) is 3.17. The monoisotopic (exact) mass is 264 g/mol. The van der Waals surface area contributed by atoms with E-state index < -0.39 is 0 Å². The summed E-state index contributed by atoms with van der Waals surface area (Å²) in [5.41, 5.74) is 5.78. The van der Waals surface area contributed by atoms with Gasteiger partial charge in [-0.05, 0) is 25.3 Å². The Labute approximate surface area is 112 Å². The Hall–Kier alpha value is -1.36. The zero-order valence-electron chi connectivity index (χ0n) is 11.2. The zero-order chi connectivity index (χ0) is 13.1. The van der Waals surface area contributed by atoms with Gasteiger partial charge < -0.3 is 11.1 Å². The molecule has 2 rings (SSSR count). The van der Waals surface area contributed by atoms with Gasteiger partial charge in [-0.2, -0.15) is 4.98 Å². The SMILES string of the molecule is CCc1cc2c(NC(CC)CC)nc(N)nc2s1. The van der Waals surface area contributed by atoms with Crippen molar-refractivity contribution in [1.82, 2.24) is 9.97 Å². The van der Waals surface area contributed by atoms with E-state index in [1.165, 1.54) is 4.88 Å². The van der Waals surface area contributed by atoms with Crippen LogP contribution in [0.3, 0.4) is 0 Å². The van der Waals surface area contributed by atoms with E-state index in [2.05, 4.69) is 42.1 Å². The number of rotatable bonds is 5. The smallest absolute Gasteiger partial charge is 0.223 e. The summed E-state index contributed by atoms with van der Waals surface area (Å²) in [6, 6.07) is 2.61. The van der Waals surface area contributed by atoms with Gasteiger partial charge in [0.2, 0.25) is 5.95 Å². The lowest BCUT2D eigenvalue weighted by atomic mass is 10.1. The van der Waals surface area contributed by atoms with Crippen molar-refractivity contribution >= 4 is 33.3 Å². The fraction of sp³-hybridized carbons (Fsp3) is 0.538. The highest BCUT2D eigenvalue weighted by Gasteiger charge is 2.12. The molecule has 0 fully saturated rings. The van der Waals surface area contributed by atoms with Gasteiger partial charge in [0.15, 0.2) is 0 Å². The third-order valence-corrected chi connectivity index (χ3v) is 4.31. The van der Waals surface area contributed by atoms with Crippen molar-refractivity contribution in [3.05, 3.63) is 10.9 Å². The first-order valence-electron chi connectivity index (χ1n) is 6.50. The minimum atomic E-state index is 0.348. The summed E-state index contributed by atoms with van der Waals surface area (Å²) in [4.78, 5) is 11.0. The third-order valence-electron chi connectivity index (χ3n) is 3.14. The Bertz CT molecular complexity index is 531. The summed E-state index contributed by atoms with van der Waals surface area (Å²) in [6.45, 7) is 6.50. The number of anilines is 2. The van der Waals surface area contributed by atoms with E-state index in [0.717, 1.165) is 35.3 Å². The Morgan fingerprint density at radius 1 is 1.28 bits per heavy atom. The lowest BCUT2D eigenvalue weighted by Gasteiger charge is -2.16. The summed E-state index contributed by atoms with van der Waals surface area (Å²) < 4.78 is 0. The second kappa shape index (κ2) is 5.52. The molecule has 5 heteroatoms. The van der Waals surface area contributed by atoms with Crippen LogP contribution in [0.4, 0.5) is 11.8 Å². The molecule has 0 saturated heterocycles. The molecule has 0 atom stereocenters. The van der Waals surface area contributed by atoms with Crippen molar-refractivity contribution < 1.29 is 0 Å². The fourth-order valence-electron chi connectivity index (χ4n) is 1.96. The summed E-state index contributed by atoms with van der Waals surface area (Å²) >= 11 is 1.70. The van der Waals surface area contributed by atoms with Gasteiger partial charge in [0, 0.05) is 10.9 Å². The van der Waals surface area contributed by atoms with Crippen molar-refractivity contribution in [2.45, 2.75) is 46.1 Å². The number of nitrogen functional groups attached to an aromatic ring is 1. The molecule has 2 heterocycles. The normalized spacial score (nSPS) is 11.3. The van der Waals surface area contributed by atoms with E-state index in [1.54, 1.807) is 11.3 Å². The van der Waals surface area contributed by atoms with Gasteiger partial charge in [0.1, 0.15) is 10.6 Å². The van der Waals surface area contributed by atoms with E-state index in [4.69, 9.17) is 5.73 Å². The molecule has 0 spiro atoms. The second-order valence-electron chi connectivity index (χ2n) is 4.37. The standard InChI is InChI=1S/C13H20N4S/c1-4-8(5-2)15-11-10-7-9(6-3)18-12(10)17-13(14)16-11/h7-8H,4-6H2,1-3H3,(H3,14,15,16,17). The number of nitrogens with one attached hydrogen (secondary N) is 1. The molecule has 3 N–H and O–H groups in total. The van der Waals surface area contributed by atoms with Crippen molar-refractivity contribution in [1.29, 1.82) is 0 Å². The molecule has 0 bridgehead atoms. The van der Waals surface area contributed by atoms with Crippen molar-refractivity contribution in [3.63, 3.8) is 0 Å². The molecule has 2 aromatic rings. The fourth-order valence-corrected chi connectivity index (χ4v) is 2.93. The van der Waals surface area contributed by atoms with Crippen LogP contribution in [0.5, 0.6) is 0 Å². The minimum absolute atomic E-state index is 0.348. The van der Waals surface area contributed by atoms with E-state index in [9.17, 15) is 0 Å². The first-order valence-corrected chi connectivity index (χ1v) is 7.32. The molecule has 18 heavy (non-hydrogen) atoms. The maximum atomic E-state index is 5.78. The van der Waals surface area contributed by atoms with E-state index in [-0.39, 0.29) is 0 Å². The number of thiophene rings is 1. The first-order chi connectivity index (χ1) is 8.67. The van der Waals surface area contributed by atoms with Crippen LogP contribution in [0.2, 0.25) is 0 Å². The van der Waals surface area contributed by atoms with Crippen LogP contribution >= 0.6 is 11.3 Å². The molecule has 0 aliphatic carbocycles. The maximum Gasteiger partial charge on any atom is 0.223 e. The number of hydrogen-bond donors (Lipinski definition) is 2. The van der Waals surface area contributed by atoms with E-state index in [0.29, 0.717) is 12.0 Å². The average Bonchev–Trinajstić information content (AvgIpc) is 2.78. The number of hydrogen-bond acceptors (Lipinski definition) is 5. The van der Waals surface area contributed by atoms with Crippen molar-refractivity contribution in [3.8, 4) is 0 Å². The van der Waals surface area contributed by atoms with Crippen LogP contribution in [-0.4, -0.2) is 16.0 Å². The molecule has 98 valence electrons. The maximum absolute atomic E-state index is 5.78. The largest absolute Gasteiger partial charge is 0.368 e. The number of aryl methyl sites for hydroxylation is 1. The Morgan fingerprint density at radius 3 is 2.61 bits per heavy atom. The van der Waals surface area contributed by atoms with Gasteiger partial charge in [-0.25, -0.2) is 4.98 Å². The number of aromatic nitrogens is 2. The molecule has 0 aliphatic rings. The molecule has 0 unspecified atom stereocenters. The highest BCUT2D eigenvalue weighted by atomic mass is 32.1. The molecule has 0 aliphatic heterocycles. The first kappa shape index (κ1) is 13.1. The minimum Gasteiger partial charge on any atom is -0.368 e. The van der Waals surface area contributed by atoms with Crippen molar-refractivity contribution in [2.24, 2.45) is 0 Å². The van der Waals surface area contributed by atoms with Crippen LogP contribution in [-0.2, 0) is 6.42 Å². The van der Waals surface area contributed by atoms with Gasteiger partial charge >= 0.3 is 0 Å². The molecule has 0 amide bonds. The summed E-state index contributed by atoms with van der Waals surface area (Å²) in [5, 5.41) is 4.57. The van der Waals surface area contributed by atoms with Gasteiger partial charge in [0.05, 0.1) is 5.39 Å². The van der Waals surface area contributed by atoms with Crippen LogP contribution < -0.4 is 11.1 Å². The highest BCUT2D eigenvalue weighted by molar-refractivity contribution is 7.18. The predicted octanol–water partition coefficient (Wildman–Crippen LogP) is 3.44. The molecule has 0 saturated carbocycles. The van der Waals surface area contributed by atoms with Crippen LogP contribution in [0.15, 0.2) is 6.07 Å². The number of nitrogens with zero attached hydrogens (tertiary/aromatic N) is 2. The quantitative estimate of drug-likeness (QED) is 0.868. The van der Waals surface area contributed by atoms with Gasteiger partial charge in [-0.15, -0.1) is 11.3 Å². The van der Waals surface area contributed by atoms with Gasteiger partial charge in [-0.1, -0.05) is 20.8 Å². The lowest BCUT2D eigenvalue weighted by molar-refractivity contribution is 0.669. The molecular weight excluding hydrogens is 244 g/mol. The van der Waals surface area contributed by atoms with Crippen molar-refractivity contribution in [2.75, 3.05) is 11.1 Å². The molecule has 2 aromatic heterocycles. The zero-order valence-corrected chi connectivity index (χ0v) is 12.0. The number of fused-ring (bicyclic) bond motifs is 1. The van der Waals surface area contributed by atoms with Crippen LogP contribution in [0.25, 0.3) is 10.2 Å². The van der Waals surface area contributed by atoms with E-state index in [1.807, 2.05) is 0 Å². The average molecular weight is 264 g/mol. The Morgan fingerprint density at radius 2 is 2.00 bits per heavy atom. The predicted molar refractivity (Wildman–Crippen MR) is 79.2 cm³/mol. The molecule has 0 aromatic carbocycles. The van der Waals surface area contributed by atoms with E-state index >= 15 is 0 Å². The van der Waals surface area contributed by atoms with Gasteiger partial charge in [0.25, 0.3) is 0 Å². The highest BCUT2D eigenvalue weighted by Crippen LogP contribution is 2.30. The summed E-state index contributed by atoms with van der Waals surface area (Å²) in [5.74, 6) is 1.22. The van der Waals surface area contributed by atoms with Crippen LogP contribution in [0.1, 0.15) is 38.5 Å². The molecule has 4 nitrogen and oxygen atoms in total. The molecular formula is C13H20N4S. The molecule has 0 radical (unpaired) electrons. The summed E-state index contributed by atoms with van der Waals surface area (Å²) in [7, 11) is 0. The number of nitrogens with two attached hydrogens (primary N) is 1. The Balaban J connectivity index is 2.44. The third kappa shape index (κ3) is 2.56. The van der Waals surface area contributed by atoms with Crippen LogP contribution in [0, 0.1) is 0 Å². The Kier molecular flexibility index (Phi) is 4.01. The van der Waals surface area contributed by atoms with Gasteiger partial charge in [-0.3, -0.25) is 0 Å². The lowest BCUT2D eigenvalue weighted by Crippen LogP contribution is -2.18. The second-order valence-corrected chi connectivity index (χ2v) is 5.49. The topological polar surface area (TPSA) is 63.8 Å².